The highest BCUT2D eigenvalue weighted by molar-refractivity contribution is 7.99. The van der Waals surface area contributed by atoms with Gasteiger partial charge in [0.25, 0.3) is 0 Å². The Morgan fingerprint density at radius 3 is 2.65 bits per heavy atom. The molecule has 2 aromatic rings. The number of nitrogens with zero attached hydrogens (tertiary/aromatic N) is 3. The van der Waals surface area contributed by atoms with Gasteiger partial charge in [-0.1, -0.05) is 12.1 Å². The number of sulfone groups is 1. The van der Waals surface area contributed by atoms with Crippen LogP contribution in [-0.4, -0.2) is 43.0 Å². The minimum atomic E-state index is -3.71. The van der Waals surface area contributed by atoms with E-state index in [2.05, 4.69) is 9.97 Å². The monoisotopic (exact) mass is 350 g/mol. The topological polar surface area (TPSA) is 89.2 Å². The van der Waals surface area contributed by atoms with Gasteiger partial charge in [-0.2, -0.15) is 16.7 Å². The number of aryl methyl sites for hydroxylation is 1. The van der Waals surface area contributed by atoms with Crippen molar-refractivity contribution in [1.29, 1.82) is 0 Å². The van der Waals surface area contributed by atoms with E-state index in [0.717, 1.165) is 30.2 Å². The molecule has 122 valence electrons. The van der Waals surface area contributed by atoms with Crippen molar-refractivity contribution in [2.45, 2.75) is 16.7 Å². The van der Waals surface area contributed by atoms with Gasteiger partial charge in [-0.25, -0.2) is 13.4 Å². The molecular formula is C15H18N4O2S2. The lowest BCUT2D eigenvalue weighted by Crippen LogP contribution is -2.34. The van der Waals surface area contributed by atoms with Gasteiger partial charge in [0.1, 0.15) is 10.7 Å². The SMILES string of the molecule is Cc1cccc(S(=O)(=O)c2cnc(N3CCSCC3)nc2N)c1. The molecule has 0 amide bonds. The highest BCUT2D eigenvalue weighted by Crippen LogP contribution is 2.26. The molecule has 0 atom stereocenters. The van der Waals surface area contributed by atoms with E-state index in [1.165, 1.54) is 6.20 Å². The lowest BCUT2D eigenvalue weighted by atomic mass is 10.2. The summed E-state index contributed by atoms with van der Waals surface area (Å²) in [7, 11) is -3.71. The molecule has 2 N–H and O–H groups in total. The summed E-state index contributed by atoms with van der Waals surface area (Å²) < 4.78 is 25.4. The first-order valence-electron chi connectivity index (χ1n) is 7.25. The fourth-order valence-corrected chi connectivity index (χ4v) is 4.67. The molecule has 0 aliphatic carbocycles. The van der Waals surface area contributed by atoms with Gasteiger partial charge in [-0.05, 0) is 24.6 Å². The van der Waals surface area contributed by atoms with Crippen molar-refractivity contribution in [2.24, 2.45) is 0 Å². The fourth-order valence-electron chi connectivity index (χ4n) is 2.41. The van der Waals surface area contributed by atoms with Gasteiger partial charge in [-0.3, -0.25) is 0 Å². The lowest BCUT2D eigenvalue weighted by Gasteiger charge is -2.26. The van der Waals surface area contributed by atoms with E-state index in [4.69, 9.17) is 5.73 Å². The molecule has 8 heteroatoms. The number of thioether (sulfide) groups is 1. The van der Waals surface area contributed by atoms with Crippen LogP contribution >= 0.6 is 11.8 Å². The zero-order chi connectivity index (χ0) is 16.4. The summed E-state index contributed by atoms with van der Waals surface area (Å²) in [5.74, 6) is 2.50. The van der Waals surface area contributed by atoms with Crippen molar-refractivity contribution in [3.05, 3.63) is 36.0 Å². The molecule has 0 spiro atoms. The molecule has 23 heavy (non-hydrogen) atoms. The Kier molecular flexibility index (Phi) is 4.45. The van der Waals surface area contributed by atoms with Crippen LogP contribution in [0.15, 0.2) is 40.3 Å². The van der Waals surface area contributed by atoms with E-state index in [0.29, 0.717) is 5.95 Å². The fraction of sp³-hybridized carbons (Fsp3) is 0.333. The van der Waals surface area contributed by atoms with Crippen LogP contribution in [0.2, 0.25) is 0 Å². The van der Waals surface area contributed by atoms with Gasteiger partial charge < -0.3 is 10.6 Å². The van der Waals surface area contributed by atoms with Crippen LogP contribution in [0.5, 0.6) is 0 Å². The van der Waals surface area contributed by atoms with Crippen LogP contribution in [-0.2, 0) is 9.84 Å². The van der Waals surface area contributed by atoms with E-state index < -0.39 is 9.84 Å². The van der Waals surface area contributed by atoms with Crippen LogP contribution in [0.25, 0.3) is 0 Å². The van der Waals surface area contributed by atoms with E-state index in [1.54, 1.807) is 18.2 Å². The molecule has 0 saturated carbocycles. The van der Waals surface area contributed by atoms with E-state index in [1.807, 2.05) is 29.7 Å². The maximum atomic E-state index is 12.7. The second-order valence-electron chi connectivity index (χ2n) is 5.34. The van der Waals surface area contributed by atoms with Crippen LogP contribution in [0, 0.1) is 6.92 Å². The minimum absolute atomic E-state index is 0.00488. The minimum Gasteiger partial charge on any atom is -0.382 e. The molecule has 1 fully saturated rings. The molecule has 3 rings (SSSR count). The Labute approximate surface area is 140 Å². The summed E-state index contributed by atoms with van der Waals surface area (Å²) >= 11 is 1.88. The number of aromatic nitrogens is 2. The molecule has 0 radical (unpaired) electrons. The standard InChI is InChI=1S/C15H18N4O2S2/c1-11-3-2-4-12(9-11)23(20,21)13-10-17-15(18-14(13)16)19-5-7-22-8-6-19/h2-4,9-10H,5-8H2,1H3,(H2,16,17,18). The van der Waals surface area contributed by atoms with Crippen LogP contribution in [0.3, 0.4) is 0 Å². The lowest BCUT2D eigenvalue weighted by molar-refractivity contribution is 0.595. The number of benzene rings is 1. The Morgan fingerprint density at radius 2 is 2.00 bits per heavy atom. The third-order valence-electron chi connectivity index (χ3n) is 3.65. The third-order valence-corrected chi connectivity index (χ3v) is 6.36. The molecule has 1 aliphatic heterocycles. The zero-order valence-corrected chi connectivity index (χ0v) is 14.4. The Hall–Kier alpha value is -1.80. The van der Waals surface area contributed by atoms with E-state index in [9.17, 15) is 8.42 Å². The van der Waals surface area contributed by atoms with Crippen molar-refractivity contribution in [2.75, 3.05) is 35.2 Å². The van der Waals surface area contributed by atoms with E-state index in [-0.39, 0.29) is 15.6 Å². The molecule has 1 aromatic heterocycles. The number of rotatable bonds is 3. The molecule has 0 unspecified atom stereocenters. The average molecular weight is 350 g/mol. The number of anilines is 2. The highest BCUT2D eigenvalue weighted by atomic mass is 32.2. The van der Waals surface area contributed by atoms with Gasteiger partial charge in [0.15, 0.2) is 0 Å². The summed E-state index contributed by atoms with van der Waals surface area (Å²) in [6.07, 6.45) is 1.32. The molecular weight excluding hydrogens is 332 g/mol. The number of nitrogens with two attached hydrogens (primary N) is 1. The van der Waals surface area contributed by atoms with Gasteiger partial charge in [0.05, 0.1) is 11.1 Å². The first-order chi connectivity index (χ1) is 11.0. The van der Waals surface area contributed by atoms with Crippen molar-refractivity contribution in [3.63, 3.8) is 0 Å². The van der Waals surface area contributed by atoms with Gasteiger partial charge in [0, 0.05) is 24.6 Å². The largest absolute Gasteiger partial charge is 0.382 e. The molecule has 6 nitrogen and oxygen atoms in total. The second-order valence-corrected chi connectivity index (χ2v) is 8.48. The van der Waals surface area contributed by atoms with Crippen LogP contribution < -0.4 is 10.6 Å². The summed E-state index contributed by atoms with van der Waals surface area (Å²) in [5.41, 5.74) is 6.80. The molecule has 0 bridgehead atoms. The Morgan fingerprint density at radius 1 is 1.26 bits per heavy atom. The molecule has 1 saturated heterocycles. The first kappa shape index (κ1) is 16.1. The maximum Gasteiger partial charge on any atom is 0.227 e. The Balaban J connectivity index is 1.97. The number of hydrogen-bond acceptors (Lipinski definition) is 7. The van der Waals surface area contributed by atoms with Crippen molar-refractivity contribution >= 4 is 33.4 Å². The summed E-state index contributed by atoms with van der Waals surface area (Å²) in [4.78, 5) is 10.6. The molecule has 1 aromatic carbocycles. The predicted molar refractivity (Wildman–Crippen MR) is 92.6 cm³/mol. The Bertz CT molecular complexity index is 818. The average Bonchev–Trinajstić information content (AvgIpc) is 2.55. The summed E-state index contributed by atoms with van der Waals surface area (Å²) in [5, 5.41) is 0. The van der Waals surface area contributed by atoms with Crippen molar-refractivity contribution in [1.82, 2.24) is 9.97 Å². The third kappa shape index (κ3) is 3.28. The smallest absolute Gasteiger partial charge is 0.227 e. The van der Waals surface area contributed by atoms with E-state index >= 15 is 0 Å². The molecule has 2 heterocycles. The molecule has 1 aliphatic rings. The normalized spacial score (nSPS) is 15.6. The number of hydrogen-bond donors (Lipinski definition) is 1. The number of nitrogen functional groups attached to an aromatic ring is 1. The van der Waals surface area contributed by atoms with Gasteiger partial charge in [-0.15, -0.1) is 0 Å². The van der Waals surface area contributed by atoms with Gasteiger partial charge in [0.2, 0.25) is 15.8 Å². The second kappa shape index (κ2) is 6.37. The van der Waals surface area contributed by atoms with Gasteiger partial charge >= 0.3 is 0 Å². The van der Waals surface area contributed by atoms with Crippen molar-refractivity contribution in [3.8, 4) is 0 Å². The summed E-state index contributed by atoms with van der Waals surface area (Å²) in [6.45, 7) is 3.53. The zero-order valence-electron chi connectivity index (χ0n) is 12.8. The first-order valence-corrected chi connectivity index (χ1v) is 9.89. The summed E-state index contributed by atoms with van der Waals surface area (Å²) in [6, 6.07) is 6.72. The highest BCUT2D eigenvalue weighted by Gasteiger charge is 2.24. The predicted octanol–water partition coefficient (Wildman–Crippen LogP) is 1.75. The van der Waals surface area contributed by atoms with Crippen LogP contribution in [0.1, 0.15) is 5.56 Å². The van der Waals surface area contributed by atoms with Crippen molar-refractivity contribution < 1.29 is 8.42 Å². The quantitative estimate of drug-likeness (QED) is 0.902. The maximum absolute atomic E-state index is 12.7. The van der Waals surface area contributed by atoms with Crippen LogP contribution in [0.4, 0.5) is 11.8 Å².